The van der Waals surface area contributed by atoms with E-state index in [1.54, 1.807) is 0 Å². The minimum atomic E-state index is -4.18. The number of nitrogen functional groups attached to an aromatic ring is 1. The number of halogens is 1. The van der Waals surface area contributed by atoms with Gasteiger partial charge in [0.15, 0.2) is 0 Å². The second-order valence-electron chi connectivity index (χ2n) is 3.43. The first-order valence-corrected chi connectivity index (χ1v) is 6.59. The van der Waals surface area contributed by atoms with Gasteiger partial charge in [-0.3, -0.25) is 14.1 Å². The largest absolute Gasteiger partial charge is 0.481 e. The van der Waals surface area contributed by atoms with Gasteiger partial charge >= 0.3 is 5.97 Å². The maximum atomic E-state index is 10.6. The van der Waals surface area contributed by atoms with Gasteiger partial charge in [0.2, 0.25) is 0 Å². The summed E-state index contributed by atoms with van der Waals surface area (Å²) in [7, 11) is -4.18. The van der Waals surface area contributed by atoms with Crippen molar-refractivity contribution in [3.8, 4) is 0 Å². The fourth-order valence-electron chi connectivity index (χ4n) is 0.895. The van der Waals surface area contributed by atoms with Crippen LogP contribution < -0.4 is 5.73 Å². The van der Waals surface area contributed by atoms with Crippen molar-refractivity contribution in [3.63, 3.8) is 0 Å². The van der Waals surface area contributed by atoms with Crippen molar-refractivity contribution < 1.29 is 27.7 Å². The SMILES string of the molecule is CC(=O)CC(=O)O.Nc1cc(S(=O)(=O)O)ccc1Cl. The molecule has 0 aliphatic carbocycles. The number of carboxylic acids is 1. The first kappa shape index (κ1) is 17.4. The van der Waals surface area contributed by atoms with Gasteiger partial charge in [-0.05, 0) is 25.1 Å². The Hall–Kier alpha value is -1.64. The number of ketones is 1. The molecule has 0 bridgehead atoms. The Labute approximate surface area is 114 Å². The lowest BCUT2D eigenvalue weighted by Gasteiger charge is -1.99. The number of carbonyl (C=O) groups is 2. The molecule has 1 rings (SSSR count). The predicted octanol–water partition coefficient (Wildman–Crippen LogP) is 1.22. The van der Waals surface area contributed by atoms with Crippen LogP contribution in [0.1, 0.15) is 13.3 Å². The Kier molecular flexibility index (Phi) is 6.46. The van der Waals surface area contributed by atoms with Crippen molar-refractivity contribution in [3.05, 3.63) is 23.2 Å². The molecule has 0 spiro atoms. The molecule has 106 valence electrons. The zero-order valence-electron chi connectivity index (χ0n) is 9.83. The summed E-state index contributed by atoms with van der Waals surface area (Å²) in [4.78, 5) is 19.2. The molecule has 1 aromatic carbocycles. The van der Waals surface area contributed by atoms with Crippen molar-refractivity contribution in [2.45, 2.75) is 18.2 Å². The van der Waals surface area contributed by atoms with E-state index in [1.165, 1.54) is 19.1 Å². The fraction of sp³-hybridized carbons (Fsp3) is 0.200. The van der Waals surface area contributed by atoms with E-state index >= 15 is 0 Å². The highest BCUT2D eigenvalue weighted by molar-refractivity contribution is 7.85. The standard InChI is InChI=1S/C6H6ClNO3S.C4H6O3/c7-5-2-1-4(3-6(5)8)12(9,10)11;1-3(5)2-4(6)7/h1-3H,8H2,(H,9,10,11);2H2,1H3,(H,6,7). The molecule has 19 heavy (non-hydrogen) atoms. The molecule has 4 N–H and O–H groups in total. The van der Waals surface area contributed by atoms with E-state index < -0.39 is 16.1 Å². The number of hydrogen-bond donors (Lipinski definition) is 3. The van der Waals surface area contributed by atoms with Gasteiger partial charge in [0.05, 0.1) is 15.6 Å². The smallest absolute Gasteiger partial charge is 0.310 e. The molecule has 9 heteroatoms. The molecule has 0 fully saturated rings. The maximum absolute atomic E-state index is 10.6. The molecule has 0 heterocycles. The van der Waals surface area contributed by atoms with E-state index in [0.717, 1.165) is 6.07 Å². The van der Waals surface area contributed by atoms with Crippen molar-refractivity contribution in [1.82, 2.24) is 0 Å². The second-order valence-corrected chi connectivity index (χ2v) is 5.26. The Morgan fingerprint density at radius 2 is 1.89 bits per heavy atom. The van der Waals surface area contributed by atoms with E-state index in [-0.39, 0.29) is 27.8 Å². The third-order valence-corrected chi connectivity index (χ3v) is 2.86. The van der Waals surface area contributed by atoms with Gasteiger partial charge in [0, 0.05) is 0 Å². The molecule has 0 saturated carbocycles. The molecule has 0 aliphatic heterocycles. The number of benzene rings is 1. The van der Waals surface area contributed by atoms with Gasteiger partial charge in [-0.15, -0.1) is 0 Å². The average molecular weight is 310 g/mol. The van der Waals surface area contributed by atoms with Crippen LogP contribution in [-0.2, 0) is 19.7 Å². The lowest BCUT2D eigenvalue weighted by atomic mass is 10.3. The molecule has 0 amide bonds. The third kappa shape index (κ3) is 7.39. The van der Waals surface area contributed by atoms with Crippen molar-refractivity contribution in [2.75, 3.05) is 5.73 Å². The number of carbonyl (C=O) groups excluding carboxylic acids is 1. The lowest BCUT2D eigenvalue weighted by Crippen LogP contribution is -2.00. The summed E-state index contributed by atoms with van der Waals surface area (Å²) in [5, 5.41) is 8.12. The van der Waals surface area contributed by atoms with Gasteiger partial charge in [-0.25, -0.2) is 0 Å². The summed E-state index contributed by atoms with van der Waals surface area (Å²) in [6.45, 7) is 1.24. The van der Waals surface area contributed by atoms with Crippen LogP contribution in [0.25, 0.3) is 0 Å². The molecule has 0 saturated heterocycles. The van der Waals surface area contributed by atoms with E-state index in [2.05, 4.69) is 0 Å². The van der Waals surface area contributed by atoms with Gasteiger partial charge in [0.25, 0.3) is 10.1 Å². The number of anilines is 1. The molecule has 0 unspecified atom stereocenters. The van der Waals surface area contributed by atoms with Crippen LogP contribution in [0.5, 0.6) is 0 Å². The topological polar surface area (TPSA) is 135 Å². The van der Waals surface area contributed by atoms with E-state index in [9.17, 15) is 18.0 Å². The summed E-state index contributed by atoms with van der Waals surface area (Å²) < 4.78 is 29.7. The average Bonchev–Trinajstić information content (AvgIpc) is 2.19. The molecule has 7 nitrogen and oxygen atoms in total. The van der Waals surface area contributed by atoms with Crippen molar-refractivity contribution in [2.24, 2.45) is 0 Å². The van der Waals surface area contributed by atoms with Gasteiger partial charge in [-0.1, -0.05) is 11.6 Å². The van der Waals surface area contributed by atoms with Crippen LogP contribution in [0.15, 0.2) is 23.1 Å². The van der Waals surface area contributed by atoms with Gasteiger partial charge < -0.3 is 10.8 Å². The minimum Gasteiger partial charge on any atom is -0.481 e. The lowest BCUT2D eigenvalue weighted by molar-refractivity contribution is -0.139. The van der Waals surface area contributed by atoms with Crippen LogP contribution in [0.2, 0.25) is 5.02 Å². The zero-order chi connectivity index (χ0) is 15.2. The molecule has 0 aromatic heterocycles. The van der Waals surface area contributed by atoms with Crippen molar-refractivity contribution >= 4 is 39.2 Å². The number of hydrogen-bond acceptors (Lipinski definition) is 5. The van der Waals surface area contributed by atoms with Gasteiger partial charge in [0.1, 0.15) is 12.2 Å². The van der Waals surface area contributed by atoms with E-state index in [0.29, 0.717) is 0 Å². The Bertz CT molecular complexity index is 572. The fourth-order valence-corrected chi connectivity index (χ4v) is 1.53. The van der Waals surface area contributed by atoms with Crippen LogP contribution in [0.4, 0.5) is 5.69 Å². The monoisotopic (exact) mass is 309 g/mol. The number of carboxylic acid groups (broad SMARTS) is 1. The molecule has 1 aromatic rings. The molecular weight excluding hydrogens is 298 g/mol. The first-order chi connectivity index (χ1) is 8.54. The van der Waals surface area contributed by atoms with E-state index in [1.807, 2.05) is 0 Å². The van der Waals surface area contributed by atoms with Crippen LogP contribution in [-0.4, -0.2) is 29.8 Å². The van der Waals surface area contributed by atoms with E-state index in [4.69, 9.17) is 27.0 Å². The summed E-state index contributed by atoms with van der Waals surface area (Å²) in [5.74, 6) is -1.37. The summed E-state index contributed by atoms with van der Waals surface area (Å²) >= 11 is 5.53. The molecule has 0 atom stereocenters. The summed E-state index contributed by atoms with van der Waals surface area (Å²) in [6, 6.07) is 3.58. The quantitative estimate of drug-likeness (QED) is 0.434. The van der Waals surface area contributed by atoms with Gasteiger partial charge in [-0.2, -0.15) is 8.42 Å². The number of rotatable bonds is 3. The Morgan fingerprint density at radius 1 is 1.37 bits per heavy atom. The highest BCUT2D eigenvalue weighted by Crippen LogP contribution is 2.21. The minimum absolute atomic E-state index is 0.117. The summed E-state index contributed by atoms with van der Waals surface area (Å²) in [5.41, 5.74) is 5.43. The third-order valence-electron chi connectivity index (χ3n) is 1.67. The first-order valence-electron chi connectivity index (χ1n) is 4.77. The predicted molar refractivity (Wildman–Crippen MR) is 68.6 cm³/mol. The molecular formula is C10H12ClNO6S. The van der Waals surface area contributed by atoms with Crippen LogP contribution in [0, 0.1) is 0 Å². The number of nitrogens with two attached hydrogens (primary N) is 1. The molecule has 0 aliphatic rings. The highest BCUT2D eigenvalue weighted by Gasteiger charge is 2.10. The Balaban J connectivity index is 0.000000399. The Morgan fingerprint density at radius 3 is 2.16 bits per heavy atom. The second kappa shape index (κ2) is 7.07. The normalized spacial score (nSPS) is 10.3. The molecule has 0 radical (unpaired) electrons. The van der Waals surface area contributed by atoms with Crippen molar-refractivity contribution in [1.29, 1.82) is 0 Å². The van der Waals surface area contributed by atoms with Crippen LogP contribution in [0.3, 0.4) is 0 Å². The number of Topliss-reactive ketones (excluding diaryl/α,β-unsaturated/α-hetero) is 1. The number of aliphatic carboxylic acids is 1. The summed E-state index contributed by atoms with van der Waals surface area (Å²) in [6.07, 6.45) is -0.361. The van der Waals surface area contributed by atoms with Crippen LogP contribution >= 0.6 is 11.6 Å². The zero-order valence-corrected chi connectivity index (χ0v) is 11.4. The maximum Gasteiger partial charge on any atom is 0.310 e. The highest BCUT2D eigenvalue weighted by atomic mass is 35.5.